The van der Waals surface area contributed by atoms with Crippen molar-refractivity contribution in [3.63, 3.8) is 0 Å². The topological polar surface area (TPSA) is 67.7 Å². The van der Waals surface area contributed by atoms with Crippen molar-refractivity contribution in [2.75, 3.05) is 38.2 Å². The first-order chi connectivity index (χ1) is 14.6. The van der Waals surface area contributed by atoms with Crippen LogP contribution >= 0.6 is 0 Å². The molecule has 0 unspecified atom stereocenters. The van der Waals surface area contributed by atoms with Crippen molar-refractivity contribution in [3.05, 3.63) is 88.3 Å². The maximum Gasteiger partial charge on any atom is 0.274 e. The van der Waals surface area contributed by atoms with Crippen molar-refractivity contribution < 1.29 is 9.53 Å². The van der Waals surface area contributed by atoms with Crippen molar-refractivity contribution in [2.24, 2.45) is 0 Å². The maximum absolute atomic E-state index is 13.0. The lowest BCUT2D eigenvalue weighted by molar-refractivity contribution is 0.0738. The smallest absolute Gasteiger partial charge is 0.274 e. The lowest BCUT2D eigenvalue weighted by atomic mass is 10.2. The van der Waals surface area contributed by atoms with Crippen LogP contribution in [-0.2, 0) is 6.54 Å². The molecule has 0 spiro atoms. The molecule has 30 heavy (non-hydrogen) atoms. The van der Waals surface area contributed by atoms with Gasteiger partial charge in [-0.2, -0.15) is 5.10 Å². The Morgan fingerprint density at radius 3 is 2.47 bits per heavy atom. The van der Waals surface area contributed by atoms with Gasteiger partial charge in [-0.3, -0.25) is 9.59 Å². The molecular formula is C23H24N4O3. The summed E-state index contributed by atoms with van der Waals surface area (Å²) < 4.78 is 6.64. The number of methoxy groups -OCH3 is 1. The van der Waals surface area contributed by atoms with Crippen LogP contribution < -0.4 is 15.2 Å². The van der Waals surface area contributed by atoms with Crippen LogP contribution in [0.25, 0.3) is 0 Å². The van der Waals surface area contributed by atoms with E-state index in [0.717, 1.165) is 30.1 Å². The fourth-order valence-corrected chi connectivity index (χ4v) is 3.57. The molecule has 0 radical (unpaired) electrons. The molecule has 4 rings (SSSR count). The molecule has 7 heteroatoms. The third-order valence-corrected chi connectivity index (χ3v) is 5.25. The predicted octanol–water partition coefficient (Wildman–Crippen LogP) is 2.26. The van der Waals surface area contributed by atoms with Gasteiger partial charge < -0.3 is 14.5 Å². The van der Waals surface area contributed by atoms with Crippen LogP contribution in [0.1, 0.15) is 16.1 Å². The summed E-state index contributed by atoms with van der Waals surface area (Å²) >= 11 is 0. The Balaban J connectivity index is 1.44. The lowest BCUT2D eigenvalue weighted by Gasteiger charge is -2.36. The van der Waals surface area contributed by atoms with E-state index in [4.69, 9.17) is 4.74 Å². The zero-order valence-corrected chi connectivity index (χ0v) is 16.9. The number of piperazine rings is 1. The molecule has 1 aliphatic heterocycles. The molecule has 0 bridgehead atoms. The Bertz CT molecular complexity index is 1070. The van der Waals surface area contributed by atoms with Gasteiger partial charge in [-0.1, -0.05) is 36.4 Å². The minimum absolute atomic E-state index is 0.151. The average molecular weight is 404 g/mol. The van der Waals surface area contributed by atoms with E-state index in [2.05, 4.69) is 10.00 Å². The summed E-state index contributed by atoms with van der Waals surface area (Å²) in [6, 6.07) is 20.5. The number of amides is 1. The van der Waals surface area contributed by atoms with E-state index >= 15 is 0 Å². The van der Waals surface area contributed by atoms with E-state index in [0.29, 0.717) is 25.3 Å². The van der Waals surface area contributed by atoms with Crippen LogP contribution in [0.3, 0.4) is 0 Å². The van der Waals surface area contributed by atoms with Gasteiger partial charge in [-0.15, -0.1) is 0 Å². The molecule has 1 saturated heterocycles. The molecule has 0 N–H and O–H groups in total. The molecule has 0 saturated carbocycles. The zero-order valence-electron chi connectivity index (χ0n) is 16.9. The van der Waals surface area contributed by atoms with Crippen LogP contribution in [0.2, 0.25) is 0 Å². The van der Waals surface area contributed by atoms with E-state index in [1.807, 2.05) is 54.6 Å². The summed E-state index contributed by atoms with van der Waals surface area (Å²) in [5.74, 6) is 0.665. The first-order valence-electron chi connectivity index (χ1n) is 9.94. The van der Waals surface area contributed by atoms with Gasteiger partial charge in [0.1, 0.15) is 11.4 Å². The number of carbonyl (C=O) groups is 1. The normalized spacial score (nSPS) is 13.9. The summed E-state index contributed by atoms with van der Waals surface area (Å²) in [6.07, 6.45) is 0. The van der Waals surface area contributed by atoms with Gasteiger partial charge >= 0.3 is 0 Å². The third-order valence-electron chi connectivity index (χ3n) is 5.25. The Morgan fingerprint density at radius 2 is 1.73 bits per heavy atom. The molecule has 1 fully saturated rings. The minimum Gasteiger partial charge on any atom is -0.497 e. The number of nitrogens with zero attached hydrogens (tertiary/aromatic N) is 4. The molecule has 1 amide bonds. The van der Waals surface area contributed by atoms with Crippen molar-refractivity contribution in [3.8, 4) is 5.75 Å². The van der Waals surface area contributed by atoms with Gasteiger partial charge in [0.15, 0.2) is 0 Å². The van der Waals surface area contributed by atoms with Gasteiger partial charge in [0.2, 0.25) is 0 Å². The van der Waals surface area contributed by atoms with E-state index < -0.39 is 0 Å². The summed E-state index contributed by atoms with van der Waals surface area (Å²) in [4.78, 5) is 29.2. The minimum atomic E-state index is -0.224. The lowest BCUT2D eigenvalue weighted by Crippen LogP contribution is -2.49. The molecule has 0 aliphatic carbocycles. The number of ether oxygens (including phenoxy) is 1. The fraction of sp³-hybridized carbons (Fsp3) is 0.261. The van der Waals surface area contributed by atoms with Gasteiger partial charge in [-0.05, 0) is 23.8 Å². The van der Waals surface area contributed by atoms with Crippen LogP contribution in [0.15, 0.2) is 71.5 Å². The van der Waals surface area contributed by atoms with E-state index in [1.54, 1.807) is 12.0 Å². The largest absolute Gasteiger partial charge is 0.497 e. The molecular weight excluding hydrogens is 380 g/mol. The van der Waals surface area contributed by atoms with Gasteiger partial charge in [0.05, 0.1) is 13.7 Å². The summed E-state index contributed by atoms with van der Waals surface area (Å²) in [7, 11) is 1.65. The van der Waals surface area contributed by atoms with Gasteiger partial charge in [-0.25, -0.2) is 4.68 Å². The second kappa shape index (κ2) is 8.82. The summed E-state index contributed by atoms with van der Waals surface area (Å²) in [6.45, 7) is 2.97. The zero-order chi connectivity index (χ0) is 20.9. The quantitative estimate of drug-likeness (QED) is 0.653. The van der Waals surface area contributed by atoms with Crippen LogP contribution in [0.5, 0.6) is 5.75 Å². The third kappa shape index (κ3) is 4.35. The number of carbonyl (C=O) groups excluding carboxylic acids is 1. The van der Waals surface area contributed by atoms with Crippen molar-refractivity contribution >= 4 is 11.6 Å². The van der Waals surface area contributed by atoms with Crippen molar-refractivity contribution in [2.45, 2.75) is 6.54 Å². The summed E-state index contributed by atoms with van der Waals surface area (Å²) in [5, 5.41) is 4.33. The number of rotatable bonds is 5. The number of hydrogen-bond donors (Lipinski definition) is 0. The molecule has 1 aliphatic rings. The Morgan fingerprint density at radius 1 is 0.967 bits per heavy atom. The number of anilines is 1. The van der Waals surface area contributed by atoms with Crippen LogP contribution in [0.4, 0.5) is 5.69 Å². The molecule has 2 aromatic carbocycles. The van der Waals surface area contributed by atoms with Gasteiger partial charge in [0.25, 0.3) is 11.5 Å². The number of hydrogen-bond acceptors (Lipinski definition) is 5. The average Bonchev–Trinajstić information content (AvgIpc) is 2.81. The highest BCUT2D eigenvalue weighted by molar-refractivity contribution is 5.92. The Kier molecular flexibility index (Phi) is 5.79. The molecule has 1 aromatic heterocycles. The number of aromatic nitrogens is 2. The summed E-state index contributed by atoms with van der Waals surface area (Å²) in [5.41, 5.74) is 2.11. The number of benzene rings is 2. The monoisotopic (exact) mass is 404 g/mol. The second-order valence-electron chi connectivity index (χ2n) is 7.18. The Labute approximate surface area is 175 Å². The molecule has 154 valence electrons. The predicted molar refractivity (Wildman–Crippen MR) is 115 cm³/mol. The highest BCUT2D eigenvalue weighted by Crippen LogP contribution is 2.22. The van der Waals surface area contributed by atoms with Gasteiger partial charge in [0, 0.05) is 44.0 Å². The molecule has 2 heterocycles. The maximum atomic E-state index is 13.0. The molecule has 3 aromatic rings. The molecule has 7 nitrogen and oxygen atoms in total. The second-order valence-corrected chi connectivity index (χ2v) is 7.18. The van der Waals surface area contributed by atoms with E-state index in [9.17, 15) is 9.59 Å². The van der Waals surface area contributed by atoms with Crippen LogP contribution in [0, 0.1) is 0 Å². The SMILES string of the molecule is COc1cccc(N2CCN(C(=O)c3ccc(=O)n(Cc4ccccc4)n3)CC2)c1. The van der Waals surface area contributed by atoms with Crippen LogP contribution in [-0.4, -0.2) is 53.9 Å². The van der Waals surface area contributed by atoms with Crippen molar-refractivity contribution in [1.29, 1.82) is 0 Å². The first-order valence-corrected chi connectivity index (χ1v) is 9.94. The Hall–Kier alpha value is -3.61. The van der Waals surface area contributed by atoms with Crippen molar-refractivity contribution in [1.82, 2.24) is 14.7 Å². The fourth-order valence-electron chi connectivity index (χ4n) is 3.57. The molecule has 0 atom stereocenters. The van der Waals surface area contributed by atoms with E-state index in [-0.39, 0.29) is 11.5 Å². The first kappa shape index (κ1) is 19.7. The van der Waals surface area contributed by atoms with E-state index in [1.165, 1.54) is 16.8 Å². The standard InChI is InChI=1S/C23H24N4O3/c1-30-20-9-5-8-19(16-20)25-12-14-26(15-13-25)23(29)21-10-11-22(28)27(24-21)17-18-6-3-2-4-7-18/h2-11,16H,12-15,17H2,1H3. The highest BCUT2D eigenvalue weighted by Gasteiger charge is 2.24. The highest BCUT2D eigenvalue weighted by atomic mass is 16.5.